The molecule has 5 rings (SSSR count). The van der Waals surface area contributed by atoms with Crippen molar-refractivity contribution in [2.45, 2.75) is 30.1 Å². The number of nitrogens with zero attached hydrogens (tertiary/aromatic N) is 3. The molecule has 1 amide bonds. The zero-order valence-electron chi connectivity index (χ0n) is 25.8. The highest BCUT2D eigenvalue weighted by molar-refractivity contribution is 9.10. The summed E-state index contributed by atoms with van der Waals surface area (Å²) in [6, 6.07) is 24.3. The van der Waals surface area contributed by atoms with Crippen molar-refractivity contribution in [1.82, 2.24) is 14.1 Å². The van der Waals surface area contributed by atoms with Gasteiger partial charge in [-0.15, -0.1) is 0 Å². The minimum Gasteiger partial charge on any atom is -0.497 e. The molecule has 1 fully saturated rings. The molecule has 2 aliphatic rings. The standard InChI is InChI=1S/C34H40BrN3O7S/c1-43-30-11-13-31(14-12-30)46(41,42)38(19-21-39)20-22-44-33-24-28(27-7-9-29(35)10-8-27)23-32(45-33)34(40)37-17-15-36(16-18-37)25-26-5-3-2-4-6-26/h2-14,23,28,33,39H,15-22,24-25H2,1H3/t28-,33+/m1/s1. The lowest BCUT2D eigenvalue weighted by Gasteiger charge is -2.36. The van der Waals surface area contributed by atoms with Crippen molar-refractivity contribution >= 4 is 31.9 Å². The smallest absolute Gasteiger partial charge is 0.288 e. The zero-order valence-corrected chi connectivity index (χ0v) is 28.2. The molecule has 0 aromatic heterocycles. The lowest BCUT2D eigenvalue weighted by atomic mass is 9.93. The van der Waals surface area contributed by atoms with Crippen LogP contribution in [0.1, 0.15) is 23.5 Å². The molecule has 12 heteroatoms. The number of carbonyl (C=O) groups excluding carboxylic acids is 1. The molecule has 2 heterocycles. The number of allylic oxidation sites excluding steroid dienone is 1. The van der Waals surface area contributed by atoms with Gasteiger partial charge >= 0.3 is 0 Å². The van der Waals surface area contributed by atoms with Crippen LogP contribution in [0, 0.1) is 0 Å². The molecule has 46 heavy (non-hydrogen) atoms. The minimum atomic E-state index is -3.90. The van der Waals surface area contributed by atoms with Gasteiger partial charge in [-0.3, -0.25) is 9.69 Å². The van der Waals surface area contributed by atoms with Crippen LogP contribution < -0.4 is 4.74 Å². The molecular weight excluding hydrogens is 674 g/mol. The van der Waals surface area contributed by atoms with E-state index in [9.17, 15) is 18.3 Å². The molecule has 1 N–H and O–H groups in total. The summed E-state index contributed by atoms with van der Waals surface area (Å²) in [6.07, 6.45) is 1.55. The van der Waals surface area contributed by atoms with Gasteiger partial charge in [0.05, 0.1) is 25.2 Å². The Morgan fingerprint density at radius 1 is 0.978 bits per heavy atom. The Kier molecular flexibility index (Phi) is 11.9. The van der Waals surface area contributed by atoms with Crippen molar-refractivity contribution < 1.29 is 32.5 Å². The van der Waals surface area contributed by atoms with Gasteiger partial charge in [-0.25, -0.2) is 8.42 Å². The number of ether oxygens (including phenoxy) is 3. The fourth-order valence-corrected chi connectivity index (χ4v) is 7.29. The second kappa shape index (κ2) is 16.0. The number of rotatable bonds is 13. The van der Waals surface area contributed by atoms with Gasteiger partial charge < -0.3 is 24.2 Å². The number of benzene rings is 3. The second-order valence-corrected chi connectivity index (χ2v) is 14.1. The molecule has 2 aliphatic heterocycles. The summed E-state index contributed by atoms with van der Waals surface area (Å²) in [5, 5.41) is 9.62. The summed E-state index contributed by atoms with van der Waals surface area (Å²) in [5.41, 5.74) is 2.26. The van der Waals surface area contributed by atoms with Crippen LogP contribution >= 0.6 is 15.9 Å². The van der Waals surface area contributed by atoms with Gasteiger partial charge in [0.1, 0.15) is 5.75 Å². The highest BCUT2D eigenvalue weighted by atomic mass is 79.9. The highest BCUT2D eigenvalue weighted by Gasteiger charge is 2.33. The molecule has 0 radical (unpaired) electrons. The molecule has 3 aromatic rings. The maximum absolute atomic E-state index is 13.7. The number of hydrogen-bond donors (Lipinski definition) is 1. The molecule has 0 bridgehead atoms. The normalized spacial score (nSPS) is 19.0. The summed E-state index contributed by atoms with van der Waals surface area (Å²) in [5.74, 6) is 0.456. The van der Waals surface area contributed by atoms with Crippen LogP contribution in [0.2, 0.25) is 0 Å². The Morgan fingerprint density at radius 3 is 2.33 bits per heavy atom. The number of hydrogen-bond acceptors (Lipinski definition) is 8. The molecule has 1 saturated heterocycles. The Bertz CT molecular complexity index is 1560. The number of carbonyl (C=O) groups is 1. The molecule has 0 spiro atoms. The van der Waals surface area contributed by atoms with Crippen molar-refractivity contribution in [2.24, 2.45) is 0 Å². The number of aliphatic hydroxyl groups excluding tert-OH is 1. The van der Waals surface area contributed by atoms with Crippen LogP contribution in [0.15, 0.2) is 100 Å². The van der Waals surface area contributed by atoms with Gasteiger partial charge in [-0.1, -0.05) is 58.4 Å². The highest BCUT2D eigenvalue weighted by Crippen LogP contribution is 2.33. The summed E-state index contributed by atoms with van der Waals surface area (Å²) in [4.78, 5) is 18.0. The van der Waals surface area contributed by atoms with E-state index < -0.39 is 16.3 Å². The van der Waals surface area contributed by atoms with Gasteiger partial charge in [0.15, 0.2) is 5.76 Å². The van der Waals surface area contributed by atoms with E-state index in [2.05, 4.69) is 33.0 Å². The molecule has 246 valence electrons. The van der Waals surface area contributed by atoms with Crippen LogP contribution in [0.5, 0.6) is 5.75 Å². The third-order valence-corrected chi connectivity index (χ3v) is 10.6. The number of piperazine rings is 1. The van der Waals surface area contributed by atoms with E-state index in [0.29, 0.717) is 25.3 Å². The van der Waals surface area contributed by atoms with Crippen LogP contribution in [0.4, 0.5) is 0 Å². The van der Waals surface area contributed by atoms with E-state index in [1.165, 1.54) is 29.1 Å². The minimum absolute atomic E-state index is 0.00585. The van der Waals surface area contributed by atoms with E-state index >= 15 is 0 Å². The van der Waals surface area contributed by atoms with Crippen molar-refractivity contribution in [3.63, 3.8) is 0 Å². The lowest BCUT2D eigenvalue weighted by Crippen LogP contribution is -2.49. The number of sulfonamides is 1. The molecule has 3 aromatic carbocycles. The number of amides is 1. The fourth-order valence-electron chi connectivity index (χ4n) is 5.61. The third kappa shape index (κ3) is 8.75. The van der Waals surface area contributed by atoms with Crippen LogP contribution in [-0.2, 0) is 30.8 Å². The first-order chi connectivity index (χ1) is 22.3. The van der Waals surface area contributed by atoms with E-state index in [0.717, 1.165) is 29.7 Å². The average Bonchev–Trinajstić information content (AvgIpc) is 3.08. The lowest BCUT2D eigenvalue weighted by molar-refractivity contribution is -0.154. The molecule has 2 atom stereocenters. The number of aliphatic hydroxyl groups is 1. The Balaban J connectivity index is 1.24. The van der Waals surface area contributed by atoms with Gasteiger partial charge in [0, 0.05) is 62.6 Å². The Morgan fingerprint density at radius 2 is 1.67 bits per heavy atom. The van der Waals surface area contributed by atoms with Crippen LogP contribution in [-0.4, -0.2) is 99.4 Å². The van der Waals surface area contributed by atoms with Gasteiger partial charge in [0.25, 0.3) is 5.91 Å². The van der Waals surface area contributed by atoms with Gasteiger partial charge in [-0.2, -0.15) is 4.31 Å². The summed E-state index contributed by atoms with van der Waals surface area (Å²) < 4.78 is 46.2. The molecule has 0 saturated carbocycles. The average molecular weight is 715 g/mol. The van der Waals surface area contributed by atoms with E-state index in [1.807, 2.05) is 53.4 Å². The van der Waals surface area contributed by atoms with Crippen LogP contribution in [0.25, 0.3) is 0 Å². The topological polar surface area (TPSA) is 109 Å². The largest absolute Gasteiger partial charge is 0.497 e. The van der Waals surface area contributed by atoms with Crippen molar-refractivity contribution in [3.8, 4) is 5.75 Å². The van der Waals surface area contributed by atoms with E-state index in [4.69, 9.17) is 14.2 Å². The first kappa shape index (κ1) is 34.1. The van der Waals surface area contributed by atoms with Gasteiger partial charge in [0.2, 0.25) is 16.3 Å². The molecular formula is C34H40BrN3O7S. The number of methoxy groups -OCH3 is 1. The number of halogens is 1. The van der Waals surface area contributed by atoms with Crippen LogP contribution in [0.3, 0.4) is 0 Å². The maximum Gasteiger partial charge on any atom is 0.288 e. The second-order valence-electron chi connectivity index (χ2n) is 11.2. The molecule has 10 nitrogen and oxygen atoms in total. The summed E-state index contributed by atoms with van der Waals surface area (Å²) in [7, 11) is -2.39. The van der Waals surface area contributed by atoms with Crippen molar-refractivity contribution in [2.75, 3.05) is 59.6 Å². The van der Waals surface area contributed by atoms with E-state index in [-0.39, 0.29) is 48.8 Å². The molecule has 0 aliphatic carbocycles. The monoisotopic (exact) mass is 713 g/mol. The fraction of sp³-hybridized carbons (Fsp3) is 0.382. The maximum atomic E-state index is 13.7. The SMILES string of the molecule is COc1ccc(S(=O)(=O)N(CCO)CCO[C@@H]2C[C@H](c3ccc(Br)cc3)C=C(C(=O)N3CCN(Cc4ccccc4)CC3)O2)cc1. The summed E-state index contributed by atoms with van der Waals surface area (Å²) in [6.45, 7) is 3.08. The third-order valence-electron chi connectivity index (χ3n) is 8.17. The van der Waals surface area contributed by atoms with Crippen molar-refractivity contribution in [1.29, 1.82) is 0 Å². The quantitative estimate of drug-likeness (QED) is 0.281. The van der Waals surface area contributed by atoms with Gasteiger partial charge in [-0.05, 0) is 53.6 Å². The molecule has 0 unspecified atom stereocenters. The predicted octanol–water partition coefficient (Wildman–Crippen LogP) is 4.22. The zero-order chi connectivity index (χ0) is 32.5. The summed E-state index contributed by atoms with van der Waals surface area (Å²) >= 11 is 3.49. The Hall–Kier alpha value is -3.26. The van der Waals surface area contributed by atoms with E-state index in [1.54, 1.807) is 12.1 Å². The first-order valence-electron chi connectivity index (χ1n) is 15.3. The first-order valence-corrected chi connectivity index (χ1v) is 17.6. The Labute approximate surface area is 279 Å². The van der Waals surface area contributed by atoms with Crippen molar-refractivity contribution in [3.05, 3.63) is 106 Å². The predicted molar refractivity (Wildman–Crippen MR) is 178 cm³/mol.